The molecule has 4 nitrogen and oxygen atoms in total. The van der Waals surface area contributed by atoms with Crippen LogP contribution in [0.4, 0.5) is 8.78 Å². The third-order valence-corrected chi connectivity index (χ3v) is 5.68. The molecule has 0 saturated carbocycles. The number of aromatic nitrogens is 1. The third-order valence-electron chi connectivity index (χ3n) is 3.83. The number of nitrogens with two attached hydrogens (primary N) is 1. The van der Waals surface area contributed by atoms with Crippen LogP contribution in [0, 0.1) is 18.6 Å². The molecule has 0 aliphatic rings. The van der Waals surface area contributed by atoms with Gasteiger partial charge in [-0.1, -0.05) is 34.1 Å². The minimum absolute atomic E-state index is 0.114. The minimum atomic E-state index is -4.51. The Kier molecular flexibility index (Phi) is 4.92. The first-order chi connectivity index (χ1) is 12.2. The number of benzene rings is 2. The van der Waals surface area contributed by atoms with E-state index in [0.29, 0.717) is 11.3 Å². The lowest BCUT2D eigenvalue weighted by Crippen LogP contribution is -2.16. The van der Waals surface area contributed by atoms with E-state index in [2.05, 4.69) is 20.9 Å². The van der Waals surface area contributed by atoms with E-state index in [9.17, 15) is 17.2 Å². The van der Waals surface area contributed by atoms with Crippen LogP contribution in [0.25, 0.3) is 22.4 Å². The maximum Gasteiger partial charge on any atom is 0.243 e. The van der Waals surface area contributed by atoms with Gasteiger partial charge in [-0.25, -0.2) is 22.3 Å². The third kappa shape index (κ3) is 3.53. The molecule has 0 aliphatic carbocycles. The Morgan fingerprint density at radius 1 is 1.04 bits per heavy atom. The predicted molar refractivity (Wildman–Crippen MR) is 98.8 cm³/mol. The van der Waals surface area contributed by atoms with E-state index >= 15 is 0 Å². The second-order valence-corrected chi connectivity index (χ2v) is 8.03. The predicted octanol–water partition coefficient (Wildman–Crippen LogP) is 4.41. The van der Waals surface area contributed by atoms with Crippen molar-refractivity contribution in [3.63, 3.8) is 0 Å². The van der Waals surface area contributed by atoms with Gasteiger partial charge in [0, 0.05) is 21.8 Å². The average molecular weight is 439 g/mol. The molecular formula is C18H13BrF2N2O2S. The van der Waals surface area contributed by atoms with E-state index in [0.717, 1.165) is 27.7 Å². The molecule has 3 rings (SSSR count). The lowest BCUT2D eigenvalue weighted by molar-refractivity contribution is 0.520. The average Bonchev–Trinajstić information content (AvgIpc) is 2.55. The molecule has 0 fully saturated rings. The van der Waals surface area contributed by atoms with Crippen LogP contribution in [0.2, 0.25) is 0 Å². The van der Waals surface area contributed by atoms with Crippen molar-refractivity contribution in [2.45, 2.75) is 11.8 Å². The molecule has 26 heavy (non-hydrogen) atoms. The van der Waals surface area contributed by atoms with Gasteiger partial charge in [-0.05, 0) is 42.3 Å². The molecule has 1 heterocycles. The summed E-state index contributed by atoms with van der Waals surface area (Å²) in [5.74, 6) is -2.52. The molecule has 1 aromatic heterocycles. The van der Waals surface area contributed by atoms with Gasteiger partial charge in [0.05, 0.1) is 5.69 Å². The summed E-state index contributed by atoms with van der Waals surface area (Å²) >= 11 is 3.43. The highest BCUT2D eigenvalue weighted by Crippen LogP contribution is 2.34. The van der Waals surface area contributed by atoms with Crippen molar-refractivity contribution in [3.05, 3.63) is 70.3 Å². The van der Waals surface area contributed by atoms with E-state index in [-0.39, 0.29) is 5.56 Å². The maximum atomic E-state index is 14.2. The number of halogens is 3. The van der Waals surface area contributed by atoms with Crippen molar-refractivity contribution in [2.24, 2.45) is 5.14 Å². The molecule has 134 valence electrons. The number of hydrogen-bond acceptors (Lipinski definition) is 3. The Morgan fingerprint density at radius 2 is 1.69 bits per heavy atom. The van der Waals surface area contributed by atoms with Gasteiger partial charge in [0.2, 0.25) is 10.0 Å². The summed E-state index contributed by atoms with van der Waals surface area (Å²) in [7, 11) is -4.51. The second kappa shape index (κ2) is 6.86. The summed E-state index contributed by atoms with van der Waals surface area (Å²) in [5, 5.41) is 4.87. The zero-order valence-corrected chi connectivity index (χ0v) is 15.9. The van der Waals surface area contributed by atoms with Crippen LogP contribution in [0.1, 0.15) is 5.56 Å². The fourth-order valence-electron chi connectivity index (χ4n) is 2.65. The van der Waals surface area contributed by atoms with Crippen molar-refractivity contribution in [2.75, 3.05) is 0 Å². The van der Waals surface area contributed by atoms with Crippen LogP contribution < -0.4 is 5.14 Å². The van der Waals surface area contributed by atoms with E-state index in [1.807, 2.05) is 25.1 Å². The van der Waals surface area contributed by atoms with Crippen LogP contribution in [-0.2, 0) is 10.0 Å². The molecule has 0 unspecified atom stereocenters. The summed E-state index contributed by atoms with van der Waals surface area (Å²) in [6.07, 6.45) is 1.49. The van der Waals surface area contributed by atoms with Gasteiger partial charge in [-0.15, -0.1) is 0 Å². The van der Waals surface area contributed by atoms with Gasteiger partial charge in [-0.3, -0.25) is 4.98 Å². The van der Waals surface area contributed by atoms with Crippen molar-refractivity contribution < 1.29 is 17.2 Å². The summed E-state index contributed by atoms with van der Waals surface area (Å²) in [4.78, 5) is 3.07. The molecule has 0 aliphatic heterocycles. The molecule has 2 aromatic carbocycles. The first kappa shape index (κ1) is 18.6. The summed E-state index contributed by atoms with van der Waals surface area (Å²) in [6, 6.07) is 10.9. The van der Waals surface area contributed by atoms with Crippen LogP contribution in [0.15, 0.2) is 58.0 Å². The van der Waals surface area contributed by atoms with Crippen molar-refractivity contribution in [1.82, 2.24) is 4.98 Å². The molecule has 0 atom stereocenters. The molecule has 0 bridgehead atoms. The molecule has 3 aromatic rings. The first-order valence-corrected chi connectivity index (χ1v) is 9.76. The van der Waals surface area contributed by atoms with Gasteiger partial charge in [0.15, 0.2) is 4.90 Å². The smallest absolute Gasteiger partial charge is 0.243 e. The van der Waals surface area contributed by atoms with Crippen LogP contribution in [0.3, 0.4) is 0 Å². The summed E-state index contributed by atoms with van der Waals surface area (Å²) in [5.41, 5.74) is 2.89. The van der Waals surface area contributed by atoms with Gasteiger partial charge < -0.3 is 0 Å². The van der Waals surface area contributed by atoms with E-state index in [4.69, 9.17) is 5.14 Å². The normalized spacial score (nSPS) is 11.6. The second-order valence-electron chi connectivity index (χ2n) is 5.68. The quantitative estimate of drug-likeness (QED) is 0.657. The van der Waals surface area contributed by atoms with Gasteiger partial charge >= 0.3 is 0 Å². The lowest BCUT2D eigenvalue weighted by atomic mass is 9.98. The molecular weight excluding hydrogens is 426 g/mol. The summed E-state index contributed by atoms with van der Waals surface area (Å²) in [6.45, 7) is 1.92. The first-order valence-electron chi connectivity index (χ1n) is 7.42. The van der Waals surface area contributed by atoms with Crippen LogP contribution in [-0.4, -0.2) is 13.4 Å². The SMILES string of the molecule is Cc1cc(-c2cccnc2-c2cc(F)c(S(N)(=O)=O)c(F)c2)ccc1Br. The highest BCUT2D eigenvalue weighted by Gasteiger charge is 2.22. The number of primary sulfonamides is 1. The van der Waals surface area contributed by atoms with Gasteiger partial charge in [0.25, 0.3) is 0 Å². The van der Waals surface area contributed by atoms with Gasteiger partial charge in [0.1, 0.15) is 11.6 Å². The number of pyridine rings is 1. The highest BCUT2D eigenvalue weighted by atomic mass is 79.9. The zero-order chi connectivity index (χ0) is 19.1. The van der Waals surface area contributed by atoms with Crippen molar-refractivity contribution >= 4 is 26.0 Å². The largest absolute Gasteiger partial charge is 0.256 e. The van der Waals surface area contributed by atoms with E-state index in [1.165, 1.54) is 6.20 Å². The molecule has 0 radical (unpaired) electrons. The lowest BCUT2D eigenvalue weighted by Gasteiger charge is -2.12. The molecule has 0 saturated heterocycles. The zero-order valence-electron chi connectivity index (χ0n) is 13.5. The highest BCUT2D eigenvalue weighted by molar-refractivity contribution is 9.10. The van der Waals surface area contributed by atoms with Crippen LogP contribution in [0.5, 0.6) is 0 Å². The number of rotatable bonds is 3. The van der Waals surface area contributed by atoms with E-state index < -0.39 is 26.6 Å². The molecule has 2 N–H and O–H groups in total. The number of nitrogens with zero attached hydrogens (tertiary/aromatic N) is 1. The Bertz CT molecular complexity index is 1090. The number of sulfonamides is 1. The fraction of sp³-hybridized carbons (Fsp3) is 0.0556. The van der Waals surface area contributed by atoms with E-state index in [1.54, 1.807) is 12.1 Å². The van der Waals surface area contributed by atoms with Crippen LogP contribution >= 0.6 is 15.9 Å². The molecule has 0 amide bonds. The monoisotopic (exact) mass is 438 g/mol. The van der Waals surface area contributed by atoms with Crippen molar-refractivity contribution in [1.29, 1.82) is 0 Å². The Morgan fingerprint density at radius 3 is 2.27 bits per heavy atom. The maximum absolute atomic E-state index is 14.2. The topological polar surface area (TPSA) is 73.0 Å². The number of hydrogen-bond donors (Lipinski definition) is 1. The minimum Gasteiger partial charge on any atom is -0.256 e. The standard InChI is InChI=1S/C18H13BrF2N2O2S/c1-10-7-11(4-5-14(10)19)13-3-2-6-23-17(13)12-8-15(20)18(16(21)9-12)26(22,24)25/h2-9H,1H3,(H2,22,24,25). The number of aryl methyl sites for hydroxylation is 1. The summed E-state index contributed by atoms with van der Waals surface area (Å²) < 4.78 is 52.1. The Hall–Kier alpha value is -2.16. The van der Waals surface area contributed by atoms with Gasteiger partial charge in [-0.2, -0.15) is 0 Å². The molecule has 0 spiro atoms. The molecule has 8 heteroatoms. The van der Waals surface area contributed by atoms with Crippen molar-refractivity contribution in [3.8, 4) is 22.4 Å². The Labute approximate surface area is 157 Å². The Balaban J connectivity index is 2.22. The fourth-order valence-corrected chi connectivity index (χ4v) is 3.56.